The molecule has 2 N–H and O–H groups in total. The Kier molecular flexibility index (Phi) is 7.07. The summed E-state index contributed by atoms with van der Waals surface area (Å²) in [7, 11) is -1.43. The van der Waals surface area contributed by atoms with Crippen LogP contribution in [0.5, 0.6) is 0 Å². The summed E-state index contributed by atoms with van der Waals surface area (Å²) in [6, 6.07) is 4.49. The highest BCUT2D eigenvalue weighted by Crippen LogP contribution is 2.17. The van der Waals surface area contributed by atoms with Crippen molar-refractivity contribution in [1.29, 1.82) is 0 Å². The second-order valence-electron chi connectivity index (χ2n) is 6.69. The van der Waals surface area contributed by atoms with Gasteiger partial charge >= 0.3 is 0 Å². The summed E-state index contributed by atoms with van der Waals surface area (Å²) < 4.78 is 23.5. The molecule has 23 heavy (non-hydrogen) atoms. The summed E-state index contributed by atoms with van der Waals surface area (Å²) in [6.07, 6.45) is 0.916. The molecule has 1 unspecified atom stereocenters. The quantitative estimate of drug-likeness (QED) is 0.604. The van der Waals surface area contributed by atoms with Gasteiger partial charge in [-0.15, -0.1) is 11.3 Å². The smallest absolute Gasteiger partial charge is 0.191 e. The monoisotopic (exact) mass is 359 g/mol. The number of sulfone groups is 1. The zero-order valence-electron chi connectivity index (χ0n) is 14.9. The lowest BCUT2D eigenvalue weighted by Crippen LogP contribution is -2.45. The Morgan fingerprint density at radius 2 is 2.00 bits per heavy atom. The predicted octanol–water partition coefficient (Wildman–Crippen LogP) is 2.37. The van der Waals surface area contributed by atoms with Gasteiger partial charge in [0.25, 0.3) is 0 Å². The van der Waals surface area contributed by atoms with Crippen molar-refractivity contribution in [3.05, 3.63) is 21.9 Å². The van der Waals surface area contributed by atoms with Crippen LogP contribution in [0.15, 0.2) is 17.1 Å². The molecule has 1 aromatic heterocycles. The van der Waals surface area contributed by atoms with E-state index in [-0.39, 0.29) is 11.8 Å². The molecule has 0 aromatic carbocycles. The third kappa shape index (κ3) is 6.51. The first kappa shape index (κ1) is 20.0. The minimum absolute atomic E-state index is 0.0930. The van der Waals surface area contributed by atoms with Crippen LogP contribution < -0.4 is 10.6 Å². The molecule has 1 rings (SSSR count). The first-order valence-corrected chi connectivity index (χ1v) is 10.3. The molecular formula is C16H29N3O2S2. The third-order valence-electron chi connectivity index (χ3n) is 3.51. The second kappa shape index (κ2) is 8.15. The molecule has 0 amide bonds. The van der Waals surface area contributed by atoms with Crippen molar-refractivity contribution >= 4 is 27.1 Å². The SMILES string of the molecule is CN=C(NCCS(=O)(=O)C(C)(C)C)NC(C)Cc1ccc(C)s1. The normalized spacial score (nSPS) is 14.6. The van der Waals surface area contributed by atoms with Crippen LogP contribution in [-0.4, -0.2) is 44.5 Å². The van der Waals surface area contributed by atoms with Gasteiger partial charge < -0.3 is 10.6 Å². The van der Waals surface area contributed by atoms with E-state index in [1.54, 1.807) is 39.2 Å². The Morgan fingerprint density at radius 3 is 2.48 bits per heavy atom. The van der Waals surface area contributed by atoms with Gasteiger partial charge in [0.1, 0.15) is 0 Å². The summed E-state index contributed by atoms with van der Waals surface area (Å²) in [5.74, 6) is 0.727. The summed E-state index contributed by atoms with van der Waals surface area (Å²) in [5, 5.41) is 6.38. The minimum atomic E-state index is -3.12. The van der Waals surface area contributed by atoms with E-state index in [2.05, 4.69) is 41.6 Å². The summed E-state index contributed by atoms with van der Waals surface area (Å²) in [6.45, 7) is 9.71. The number of nitrogens with zero attached hydrogens (tertiary/aromatic N) is 1. The summed E-state index contributed by atoms with van der Waals surface area (Å²) in [4.78, 5) is 6.79. The van der Waals surface area contributed by atoms with Crippen molar-refractivity contribution in [3.63, 3.8) is 0 Å². The van der Waals surface area contributed by atoms with E-state index < -0.39 is 14.6 Å². The van der Waals surface area contributed by atoms with Gasteiger partial charge in [-0.3, -0.25) is 4.99 Å². The van der Waals surface area contributed by atoms with Gasteiger partial charge in [-0.05, 0) is 46.8 Å². The first-order valence-electron chi connectivity index (χ1n) is 7.80. The number of hydrogen-bond acceptors (Lipinski definition) is 4. The van der Waals surface area contributed by atoms with Crippen LogP contribution >= 0.6 is 11.3 Å². The highest BCUT2D eigenvalue weighted by molar-refractivity contribution is 7.92. The number of guanidine groups is 1. The minimum Gasteiger partial charge on any atom is -0.355 e. The van der Waals surface area contributed by atoms with Crippen molar-refractivity contribution in [2.75, 3.05) is 19.3 Å². The average Bonchev–Trinajstić information content (AvgIpc) is 2.81. The van der Waals surface area contributed by atoms with E-state index in [0.29, 0.717) is 12.5 Å². The van der Waals surface area contributed by atoms with Crippen LogP contribution in [0.2, 0.25) is 0 Å². The Balaban J connectivity index is 2.46. The Labute approximate surface area is 144 Å². The lowest BCUT2D eigenvalue weighted by molar-refractivity contribution is 0.558. The number of aryl methyl sites for hydroxylation is 1. The van der Waals surface area contributed by atoms with Crippen molar-refractivity contribution in [3.8, 4) is 0 Å². The molecule has 5 nitrogen and oxygen atoms in total. The second-order valence-corrected chi connectivity index (χ2v) is 10.9. The van der Waals surface area contributed by atoms with Crippen molar-refractivity contribution < 1.29 is 8.42 Å². The number of rotatable bonds is 6. The molecule has 1 aromatic rings. The molecular weight excluding hydrogens is 330 g/mol. The Bertz CT molecular complexity index is 628. The molecule has 0 aliphatic carbocycles. The van der Waals surface area contributed by atoms with Gasteiger partial charge in [0, 0.05) is 35.8 Å². The van der Waals surface area contributed by atoms with Crippen molar-refractivity contribution in [2.45, 2.75) is 51.8 Å². The zero-order chi connectivity index (χ0) is 17.7. The summed E-state index contributed by atoms with van der Waals surface area (Å²) >= 11 is 1.80. The molecule has 1 heterocycles. The molecule has 0 saturated heterocycles. The van der Waals surface area contributed by atoms with E-state index in [9.17, 15) is 8.42 Å². The molecule has 0 fully saturated rings. The van der Waals surface area contributed by atoms with E-state index in [1.165, 1.54) is 9.75 Å². The molecule has 132 valence electrons. The van der Waals surface area contributed by atoms with Gasteiger partial charge in [0.2, 0.25) is 0 Å². The van der Waals surface area contributed by atoms with Crippen LogP contribution in [0, 0.1) is 6.92 Å². The molecule has 0 aliphatic rings. The van der Waals surface area contributed by atoms with Crippen LogP contribution in [0.4, 0.5) is 0 Å². The van der Waals surface area contributed by atoms with Crippen LogP contribution in [0.25, 0.3) is 0 Å². The van der Waals surface area contributed by atoms with Gasteiger partial charge in [-0.25, -0.2) is 8.42 Å². The third-order valence-corrected chi connectivity index (χ3v) is 7.14. The van der Waals surface area contributed by atoms with E-state index >= 15 is 0 Å². The molecule has 1 atom stereocenters. The zero-order valence-corrected chi connectivity index (χ0v) is 16.6. The fraction of sp³-hybridized carbons (Fsp3) is 0.688. The Hall–Kier alpha value is -1.08. The van der Waals surface area contributed by atoms with Gasteiger partial charge in [-0.2, -0.15) is 0 Å². The molecule has 0 aliphatic heterocycles. The lowest BCUT2D eigenvalue weighted by atomic mass is 10.2. The topological polar surface area (TPSA) is 70.6 Å². The highest BCUT2D eigenvalue weighted by Gasteiger charge is 2.28. The fourth-order valence-corrected chi connectivity index (χ4v) is 3.99. The van der Waals surface area contributed by atoms with Crippen molar-refractivity contribution in [2.24, 2.45) is 4.99 Å². The number of nitrogens with one attached hydrogen (secondary N) is 2. The Morgan fingerprint density at radius 1 is 1.35 bits per heavy atom. The maximum atomic E-state index is 12.1. The van der Waals surface area contributed by atoms with Gasteiger partial charge in [-0.1, -0.05) is 0 Å². The predicted molar refractivity (Wildman–Crippen MR) is 100 cm³/mol. The summed E-state index contributed by atoms with van der Waals surface area (Å²) in [5.41, 5.74) is 0. The van der Waals surface area contributed by atoms with Crippen LogP contribution in [0.1, 0.15) is 37.4 Å². The van der Waals surface area contributed by atoms with Gasteiger partial charge in [0.15, 0.2) is 15.8 Å². The van der Waals surface area contributed by atoms with E-state index in [1.807, 2.05) is 0 Å². The number of thiophene rings is 1. The van der Waals surface area contributed by atoms with E-state index in [4.69, 9.17) is 0 Å². The molecule has 7 heteroatoms. The maximum Gasteiger partial charge on any atom is 0.191 e. The molecule has 0 radical (unpaired) electrons. The van der Waals surface area contributed by atoms with Crippen molar-refractivity contribution in [1.82, 2.24) is 10.6 Å². The standard InChI is InChI=1S/C16H29N3O2S2/c1-12(11-14-8-7-13(2)22-14)19-15(17-6)18-9-10-23(20,21)16(3,4)5/h7-8,12H,9-11H2,1-6H3,(H2,17,18,19). The molecule has 0 bridgehead atoms. The maximum absolute atomic E-state index is 12.1. The van der Waals surface area contributed by atoms with Crippen LogP contribution in [-0.2, 0) is 16.3 Å². The van der Waals surface area contributed by atoms with Gasteiger partial charge in [0.05, 0.1) is 10.5 Å². The number of hydrogen-bond donors (Lipinski definition) is 2. The highest BCUT2D eigenvalue weighted by atomic mass is 32.2. The lowest BCUT2D eigenvalue weighted by Gasteiger charge is -2.21. The number of aliphatic imine (C=N–C) groups is 1. The average molecular weight is 360 g/mol. The first-order chi connectivity index (χ1) is 10.5. The molecule has 0 saturated carbocycles. The fourth-order valence-electron chi connectivity index (χ4n) is 1.99. The largest absolute Gasteiger partial charge is 0.355 e. The van der Waals surface area contributed by atoms with E-state index in [0.717, 1.165) is 6.42 Å². The van der Waals surface area contributed by atoms with Crippen LogP contribution in [0.3, 0.4) is 0 Å². The molecule has 0 spiro atoms.